The first-order valence-corrected chi connectivity index (χ1v) is 7.55. The molecule has 1 heterocycles. The summed E-state index contributed by atoms with van der Waals surface area (Å²) in [5.74, 6) is 0. The molecule has 1 aromatic heterocycles. The van der Waals surface area contributed by atoms with Crippen molar-refractivity contribution >= 4 is 44.4 Å². The lowest BCUT2D eigenvalue weighted by atomic mass is 10.1. The van der Waals surface area contributed by atoms with Crippen LogP contribution in [0, 0.1) is 3.57 Å². The Labute approximate surface area is 121 Å². The van der Waals surface area contributed by atoms with Crippen LogP contribution in [-0.4, -0.2) is 4.98 Å². The van der Waals surface area contributed by atoms with Crippen molar-refractivity contribution in [1.82, 2.24) is 4.98 Å². The highest BCUT2D eigenvalue weighted by Gasteiger charge is 2.05. The van der Waals surface area contributed by atoms with E-state index in [0.717, 1.165) is 0 Å². The number of hydrogen-bond acceptors (Lipinski definition) is 0. The minimum atomic E-state index is 1.18. The van der Waals surface area contributed by atoms with Crippen molar-refractivity contribution in [2.45, 2.75) is 26.2 Å². The summed E-state index contributed by atoms with van der Waals surface area (Å²) in [6, 6.07) is 13.4. The molecule has 0 radical (unpaired) electrons. The molecule has 3 rings (SSSR count). The van der Waals surface area contributed by atoms with Gasteiger partial charge in [0.1, 0.15) is 0 Å². The molecule has 18 heavy (non-hydrogen) atoms. The van der Waals surface area contributed by atoms with Gasteiger partial charge in [-0.2, -0.15) is 0 Å². The fourth-order valence-electron chi connectivity index (χ4n) is 2.46. The third-order valence-corrected chi connectivity index (χ3v) is 4.12. The fourth-order valence-corrected chi connectivity index (χ4v) is 2.95. The van der Waals surface area contributed by atoms with Crippen molar-refractivity contribution < 1.29 is 0 Å². The number of hydrogen-bond donors (Lipinski definition) is 1. The second-order valence-corrected chi connectivity index (χ2v) is 6.04. The number of aryl methyl sites for hydroxylation is 1. The quantitative estimate of drug-likeness (QED) is 0.620. The van der Waals surface area contributed by atoms with Gasteiger partial charge in [-0.15, -0.1) is 0 Å². The zero-order chi connectivity index (χ0) is 12.5. The topological polar surface area (TPSA) is 15.8 Å². The minimum absolute atomic E-state index is 1.18. The Morgan fingerprint density at radius 3 is 2.72 bits per heavy atom. The van der Waals surface area contributed by atoms with Gasteiger partial charge in [0.05, 0.1) is 0 Å². The van der Waals surface area contributed by atoms with E-state index in [1.165, 1.54) is 50.2 Å². The summed E-state index contributed by atoms with van der Waals surface area (Å²) in [6.45, 7) is 2.24. The van der Waals surface area contributed by atoms with Gasteiger partial charge in [-0.25, -0.2) is 0 Å². The number of H-pyrrole nitrogens is 1. The molecule has 0 aliphatic carbocycles. The van der Waals surface area contributed by atoms with Crippen LogP contribution in [0.3, 0.4) is 0 Å². The molecule has 1 nitrogen and oxygen atoms in total. The standard InChI is InChI=1S/C16H16IN/c1-2-3-4-11-5-8-15-14(9-11)13-7-6-12(17)10-16(13)18-15/h5-10,18H,2-4H2,1H3. The van der Waals surface area contributed by atoms with Gasteiger partial charge in [0.15, 0.2) is 0 Å². The molecule has 0 saturated heterocycles. The van der Waals surface area contributed by atoms with Crippen LogP contribution in [0.25, 0.3) is 21.8 Å². The number of fused-ring (bicyclic) bond motifs is 3. The summed E-state index contributed by atoms with van der Waals surface area (Å²) in [7, 11) is 0. The zero-order valence-electron chi connectivity index (χ0n) is 10.5. The Bertz CT molecular complexity index is 697. The Balaban J connectivity index is 2.16. The summed E-state index contributed by atoms with van der Waals surface area (Å²) in [5.41, 5.74) is 3.93. The number of aromatic amines is 1. The average molecular weight is 349 g/mol. The van der Waals surface area contributed by atoms with E-state index in [0.29, 0.717) is 0 Å². The van der Waals surface area contributed by atoms with Crippen LogP contribution in [0.4, 0.5) is 0 Å². The van der Waals surface area contributed by atoms with E-state index in [2.05, 4.69) is 70.9 Å². The van der Waals surface area contributed by atoms with Gasteiger partial charge in [-0.3, -0.25) is 0 Å². The molecular weight excluding hydrogens is 333 g/mol. The maximum atomic E-state index is 3.50. The minimum Gasteiger partial charge on any atom is -0.354 e. The van der Waals surface area contributed by atoms with Gasteiger partial charge in [0.2, 0.25) is 0 Å². The van der Waals surface area contributed by atoms with E-state index in [-0.39, 0.29) is 0 Å². The maximum absolute atomic E-state index is 3.50. The molecule has 0 saturated carbocycles. The van der Waals surface area contributed by atoms with E-state index in [1.54, 1.807) is 0 Å². The number of rotatable bonds is 3. The highest BCUT2D eigenvalue weighted by Crippen LogP contribution is 2.27. The molecule has 92 valence electrons. The zero-order valence-corrected chi connectivity index (χ0v) is 12.6. The molecule has 1 N–H and O–H groups in total. The van der Waals surface area contributed by atoms with Crippen LogP contribution in [0.2, 0.25) is 0 Å². The number of halogens is 1. The summed E-state index contributed by atoms with van der Waals surface area (Å²) in [6.07, 6.45) is 3.71. The second kappa shape index (κ2) is 4.92. The van der Waals surface area contributed by atoms with Crippen molar-refractivity contribution in [3.8, 4) is 0 Å². The SMILES string of the molecule is CCCCc1ccc2[nH]c3cc(I)ccc3c2c1. The number of benzene rings is 2. The number of unbranched alkanes of at least 4 members (excludes halogenated alkanes) is 1. The smallest absolute Gasteiger partial charge is 0.0475 e. The molecule has 0 aliphatic rings. The van der Waals surface area contributed by atoms with Crippen molar-refractivity contribution in [3.63, 3.8) is 0 Å². The van der Waals surface area contributed by atoms with Crippen LogP contribution in [0.5, 0.6) is 0 Å². The van der Waals surface area contributed by atoms with Gasteiger partial charge >= 0.3 is 0 Å². The van der Waals surface area contributed by atoms with Crippen molar-refractivity contribution in [1.29, 1.82) is 0 Å². The van der Waals surface area contributed by atoms with Gasteiger partial charge < -0.3 is 4.98 Å². The van der Waals surface area contributed by atoms with E-state index in [9.17, 15) is 0 Å². The van der Waals surface area contributed by atoms with E-state index >= 15 is 0 Å². The molecule has 0 aliphatic heterocycles. The summed E-state index contributed by atoms with van der Waals surface area (Å²) >= 11 is 2.36. The first kappa shape index (κ1) is 12.0. The van der Waals surface area contributed by atoms with E-state index < -0.39 is 0 Å². The van der Waals surface area contributed by atoms with Crippen LogP contribution in [0.1, 0.15) is 25.3 Å². The molecule has 0 amide bonds. The number of aromatic nitrogens is 1. The van der Waals surface area contributed by atoms with Gasteiger partial charge in [0.25, 0.3) is 0 Å². The van der Waals surface area contributed by atoms with Crippen molar-refractivity contribution in [2.75, 3.05) is 0 Å². The largest absolute Gasteiger partial charge is 0.354 e. The Kier molecular flexibility index (Phi) is 3.29. The summed E-state index contributed by atoms with van der Waals surface area (Å²) in [4.78, 5) is 3.50. The van der Waals surface area contributed by atoms with Crippen LogP contribution < -0.4 is 0 Å². The highest BCUT2D eigenvalue weighted by molar-refractivity contribution is 14.1. The molecule has 2 aromatic carbocycles. The molecule has 0 unspecified atom stereocenters. The van der Waals surface area contributed by atoms with E-state index in [1.807, 2.05) is 0 Å². The van der Waals surface area contributed by atoms with Crippen LogP contribution in [0.15, 0.2) is 36.4 Å². The van der Waals surface area contributed by atoms with Crippen LogP contribution >= 0.6 is 22.6 Å². The predicted octanol–water partition coefficient (Wildman–Crippen LogP) is 5.27. The number of nitrogens with one attached hydrogen (secondary N) is 1. The summed E-state index contributed by atoms with van der Waals surface area (Å²) < 4.78 is 1.28. The maximum Gasteiger partial charge on any atom is 0.0475 e. The van der Waals surface area contributed by atoms with Gasteiger partial charge in [-0.1, -0.05) is 25.5 Å². The molecule has 0 bridgehead atoms. The first-order valence-electron chi connectivity index (χ1n) is 6.48. The lowest BCUT2D eigenvalue weighted by Crippen LogP contribution is -1.83. The monoisotopic (exact) mass is 349 g/mol. The summed E-state index contributed by atoms with van der Waals surface area (Å²) in [5, 5.41) is 2.69. The predicted molar refractivity (Wildman–Crippen MR) is 87.1 cm³/mol. The molecule has 2 heteroatoms. The fraction of sp³-hybridized carbons (Fsp3) is 0.250. The third kappa shape index (κ3) is 2.14. The molecule has 3 aromatic rings. The average Bonchev–Trinajstić information content (AvgIpc) is 2.72. The Morgan fingerprint density at radius 1 is 1.00 bits per heavy atom. The normalized spacial score (nSPS) is 11.4. The highest BCUT2D eigenvalue weighted by atomic mass is 127. The Morgan fingerprint density at radius 2 is 1.89 bits per heavy atom. The molecule has 0 fully saturated rings. The lowest BCUT2D eigenvalue weighted by Gasteiger charge is -2.00. The first-order chi connectivity index (χ1) is 8.78. The second-order valence-electron chi connectivity index (χ2n) is 4.80. The van der Waals surface area contributed by atoms with Crippen molar-refractivity contribution in [2.24, 2.45) is 0 Å². The van der Waals surface area contributed by atoms with Crippen LogP contribution in [-0.2, 0) is 6.42 Å². The molecule has 0 spiro atoms. The van der Waals surface area contributed by atoms with Crippen molar-refractivity contribution in [3.05, 3.63) is 45.5 Å². The molecule has 0 atom stereocenters. The van der Waals surface area contributed by atoms with Gasteiger partial charge in [0, 0.05) is 25.4 Å². The Hall–Kier alpha value is -1.03. The lowest BCUT2D eigenvalue weighted by molar-refractivity contribution is 0.796. The third-order valence-electron chi connectivity index (χ3n) is 3.44. The van der Waals surface area contributed by atoms with E-state index in [4.69, 9.17) is 0 Å². The van der Waals surface area contributed by atoms with Gasteiger partial charge in [-0.05, 0) is 65.3 Å². The molecular formula is C16H16IN.